The molecule has 0 aliphatic carbocycles. The molecule has 3 heteroatoms. The fourth-order valence-corrected chi connectivity index (χ4v) is 2.92. The molecule has 2 heterocycles. The molecule has 3 aromatic rings. The second-order valence-corrected chi connectivity index (χ2v) is 5.39. The predicted octanol–water partition coefficient (Wildman–Crippen LogP) is 4.65. The molecule has 0 bridgehead atoms. The van der Waals surface area contributed by atoms with Gasteiger partial charge >= 0.3 is 133 Å². The average molecular weight is 364 g/mol. The molecule has 2 aromatic heterocycles. The molecular weight excluding hydrogens is 343 g/mol. The first-order valence-electron chi connectivity index (χ1n) is 7.79. The second-order valence-electron chi connectivity index (χ2n) is 4.85. The fraction of sp³-hybridized carbons (Fsp3) is 0.150. The Bertz CT molecular complexity index is 801. The van der Waals surface area contributed by atoms with Crippen LogP contribution >= 0.6 is 0 Å². The van der Waals surface area contributed by atoms with Gasteiger partial charge in [-0.1, -0.05) is 13.8 Å². The van der Waals surface area contributed by atoms with Crippen molar-refractivity contribution in [2.24, 2.45) is 0 Å². The van der Waals surface area contributed by atoms with Gasteiger partial charge in [0.2, 0.25) is 0 Å². The van der Waals surface area contributed by atoms with Crippen molar-refractivity contribution in [3.8, 4) is 0 Å². The van der Waals surface area contributed by atoms with Crippen molar-refractivity contribution in [3.05, 3.63) is 89.2 Å². The van der Waals surface area contributed by atoms with E-state index in [0.29, 0.717) is 0 Å². The summed E-state index contributed by atoms with van der Waals surface area (Å²) in [7, 11) is 0. The summed E-state index contributed by atoms with van der Waals surface area (Å²) in [6, 6.07) is 14.6. The smallest absolute Gasteiger partial charge is 0.0683 e. The zero-order valence-corrected chi connectivity index (χ0v) is 15.5. The number of fused-ring (bicyclic) bond motifs is 1. The van der Waals surface area contributed by atoms with Crippen LogP contribution in [0.25, 0.3) is 11.2 Å². The number of allylic oxidation sites excluding steroid dienone is 2. The maximum absolute atomic E-state index is 4.48. The molecular formula is C20H21AsN2. The molecule has 0 saturated heterocycles. The number of hydrogen-bond acceptors (Lipinski definition) is 1. The number of hydrogen-bond donors (Lipinski definition) is 0. The first kappa shape index (κ1) is 17.3. The van der Waals surface area contributed by atoms with E-state index in [9.17, 15) is 0 Å². The van der Waals surface area contributed by atoms with Gasteiger partial charge in [0.1, 0.15) is 0 Å². The number of aromatic nitrogens is 2. The van der Waals surface area contributed by atoms with E-state index in [2.05, 4.69) is 69.3 Å². The van der Waals surface area contributed by atoms with Crippen molar-refractivity contribution in [1.29, 1.82) is 0 Å². The van der Waals surface area contributed by atoms with Gasteiger partial charge in [-0.3, -0.25) is 0 Å². The van der Waals surface area contributed by atoms with E-state index in [0.717, 1.165) is 23.2 Å². The van der Waals surface area contributed by atoms with Gasteiger partial charge in [-0.2, -0.15) is 0 Å². The van der Waals surface area contributed by atoms with E-state index in [1.54, 1.807) is 0 Å². The van der Waals surface area contributed by atoms with Crippen molar-refractivity contribution >= 4 is 28.1 Å². The van der Waals surface area contributed by atoms with Crippen LogP contribution in [-0.4, -0.2) is 26.2 Å². The fourth-order valence-electron chi connectivity index (χ4n) is 2.38. The Kier molecular flexibility index (Phi) is 6.43. The van der Waals surface area contributed by atoms with E-state index in [1.165, 1.54) is 11.3 Å². The molecule has 2 radical (unpaired) electrons. The Hall–Kier alpha value is -2.05. The number of imidazole rings is 1. The summed E-state index contributed by atoms with van der Waals surface area (Å²) in [6.07, 6.45) is 6.82. The summed E-state index contributed by atoms with van der Waals surface area (Å²) in [5.74, 6) is 0. The zero-order chi connectivity index (χ0) is 16.7. The van der Waals surface area contributed by atoms with Gasteiger partial charge in [-0.25, -0.2) is 0 Å². The molecule has 0 amide bonds. The van der Waals surface area contributed by atoms with E-state index < -0.39 is 0 Å². The Balaban J connectivity index is 0.000000924. The molecule has 0 fully saturated rings. The molecule has 2 nitrogen and oxygen atoms in total. The van der Waals surface area contributed by atoms with Crippen LogP contribution in [0.15, 0.2) is 72.4 Å². The van der Waals surface area contributed by atoms with Gasteiger partial charge in [0.05, 0.1) is 0 Å². The van der Waals surface area contributed by atoms with E-state index in [1.807, 2.05) is 43.1 Å². The third kappa shape index (κ3) is 4.03. The van der Waals surface area contributed by atoms with E-state index >= 15 is 0 Å². The molecule has 0 aliphatic heterocycles. The van der Waals surface area contributed by atoms with Crippen LogP contribution in [0.4, 0.5) is 0 Å². The van der Waals surface area contributed by atoms with Crippen LogP contribution < -0.4 is 0 Å². The summed E-state index contributed by atoms with van der Waals surface area (Å²) in [4.78, 5) is 6.49. The third-order valence-corrected chi connectivity index (χ3v) is 4.09. The summed E-state index contributed by atoms with van der Waals surface area (Å²) >= 11 is 2.48. The topological polar surface area (TPSA) is 17.3 Å². The van der Waals surface area contributed by atoms with Crippen LogP contribution in [0.1, 0.15) is 30.7 Å². The Morgan fingerprint density at radius 3 is 2.57 bits per heavy atom. The first-order chi connectivity index (χ1) is 11.3. The van der Waals surface area contributed by atoms with Gasteiger partial charge in [-0.15, -0.1) is 0 Å². The van der Waals surface area contributed by atoms with Crippen molar-refractivity contribution in [1.82, 2.24) is 9.38 Å². The summed E-state index contributed by atoms with van der Waals surface area (Å²) < 4.78 is 2.16. The van der Waals surface area contributed by atoms with E-state index in [4.69, 9.17) is 0 Å². The molecule has 23 heavy (non-hydrogen) atoms. The van der Waals surface area contributed by atoms with Crippen LogP contribution in [0.2, 0.25) is 0 Å². The third-order valence-electron chi connectivity index (χ3n) is 3.50. The molecule has 0 saturated carbocycles. The monoisotopic (exact) mass is 364 g/mol. The van der Waals surface area contributed by atoms with Crippen LogP contribution in [0.3, 0.4) is 0 Å². The van der Waals surface area contributed by atoms with Gasteiger partial charge in [0, 0.05) is 0 Å². The summed E-state index contributed by atoms with van der Waals surface area (Å²) in [5.41, 5.74) is 5.70. The largest absolute Gasteiger partial charge is 0.0683 e. The number of nitrogens with zero attached hydrogens (tertiary/aromatic N) is 2. The number of benzene rings is 1. The van der Waals surface area contributed by atoms with Gasteiger partial charge in [0.15, 0.2) is 0 Å². The van der Waals surface area contributed by atoms with Crippen molar-refractivity contribution < 1.29 is 0 Å². The molecule has 0 N–H and O–H groups in total. The predicted molar refractivity (Wildman–Crippen MR) is 99.7 cm³/mol. The summed E-state index contributed by atoms with van der Waals surface area (Å²) in [5, 5.41) is 0. The van der Waals surface area contributed by atoms with Gasteiger partial charge in [0.25, 0.3) is 0 Å². The first-order valence-corrected chi connectivity index (χ1v) is 8.87. The molecule has 0 atom stereocenters. The minimum atomic E-state index is 0.876. The Morgan fingerprint density at radius 1 is 1.17 bits per heavy atom. The quantitative estimate of drug-likeness (QED) is 0.487. The SMILES string of the molecule is C=C/C(=C\[As])c1ccc2ncc(Cc3ccccc3)n2c1.CC. The molecule has 3 rings (SSSR count). The van der Waals surface area contributed by atoms with Crippen molar-refractivity contribution in [2.75, 3.05) is 0 Å². The zero-order valence-electron chi connectivity index (χ0n) is 13.6. The van der Waals surface area contributed by atoms with Crippen LogP contribution in [0.5, 0.6) is 0 Å². The van der Waals surface area contributed by atoms with E-state index in [-0.39, 0.29) is 0 Å². The van der Waals surface area contributed by atoms with Crippen molar-refractivity contribution in [2.45, 2.75) is 20.3 Å². The Morgan fingerprint density at radius 2 is 1.91 bits per heavy atom. The maximum atomic E-state index is 4.48. The maximum Gasteiger partial charge on any atom is -0.0683 e. The van der Waals surface area contributed by atoms with Crippen LogP contribution in [-0.2, 0) is 6.42 Å². The summed E-state index contributed by atoms with van der Waals surface area (Å²) in [6.45, 7) is 7.86. The molecule has 116 valence electrons. The normalized spacial score (nSPS) is 11.0. The molecule has 0 spiro atoms. The number of pyridine rings is 1. The van der Waals surface area contributed by atoms with Gasteiger partial charge < -0.3 is 0 Å². The molecule has 0 unspecified atom stereocenters. The average Bonchev–Trinajstić information content (AvgIpc) is 3.01. The van der Waals surface area contributed by atoms with Crippen LogP contribution in [0, 0.1) is 0 Å². The minimum Gasteiger partial charge on any atom is -0.0683 e. The number of rotatable bonds is 4. The Labute approximate surface area is 147 Å². The standard InChI is InChI=1S/C18H15AsN2.C2H6/c1-2-15(11-19)16-8-9-18-20-12-17(21(18)13-16)10-14-6-4-3-5-7-14;1-2/h2-9,11-13H,1,10H2;1-2H3/b15-11+;. The minimum absolute atomic E-state index is 0.876. The van der Waals surface area contributed by atoms with Gasteiger partial charge in [-0.05, 0) is 0 Å². The van der Waals surface area contributed by atoms with Crippen molar-refractivity contribution in [3.63, 3.8) is 0 Å². The molecule has 1 aromatic carbocycles. The molecule has 0 aliphatic rings. The second kappa shape index (κ2) is 8.55.